The van der Waals surface area contributed by atoms with Crippen LogP contribution in [-0.2, 0) is 4.79 Å². The van der Waals surface area contributed by atoms with E-state index in [0.29, 0.717) is 13.0 Å². The number of imide groups is 1. The molecular weight excluding hydrogens is 160 g/mol. The Bertz CT molecular complexity index is 205. The van der Waals surface area contributed by atoms with Crippen LogP contribution in [0.4, 0.5) is 4.79 Å². The molecule has 0 aromatic carbocycles. The summed E-state index contributed by atoms with van der Waals surface area (Å²) in [5, 5.41) is 11.0. The quantitative estimate of drug-likeness (QED) is 0.553. The lowest BCUT2D eigenvalue weighted by atomic mass is 10.3. The van der Waals surface area contributed by atoms with Gasteiger partial charge < -0.3 is 10.4 Å². The third-order valence-electron chi connectivity index (χ3n) is 1.76. The summed E-state index contributed by atoms with van der Waals surface area (Å²) in [6, 6.07) is -0.780. The standard InChI is InChI=1S/C7H12N2O3/c1-5-6(11)9(3-2-4-10)7(12)8-5/h5,10H,2-4H2,1H3,(H,8,12)/t5-/m0/s1. The van der Waals surface area contributed by atoms with Crippen LogP contribution in [0.5, 0.6) is 0 Å². The third-order valence-corrected chi connectivity index (χ3v) is 1.76. The summed E-state index contributed by atoms with van der Waals surface area (Å²) in [5.74, 6) is -0.214. The molecule has 12 heavy (non-hydrogen) atoms. The minimum Gasteiger partial charge on any atom is -0.396 e. The van der Waals surface area contributed by atoms with E-state index in [-0.39, 0.29) is 18.5 Å². The van der Waals surface area contributed by atoms with E-state index in [0.717, 1.165) is 4.90 Å². The zero-order chi connectivity index (χ0) is 9.14. The minimum atomic E-state index is -0.420. The maximum absolute atomic E-state index is 11.2. The minimum absolute atomic E-state index is 0.00849. The molecule has 0 aromatic heterocycles. The summed E-state index contributed by atoms with van der Waals surface area (Å²) in [6.45, 7) is 1.93. The highest BCUT2D eigenvalue weighted by atomic mass is 16.3. The maximum Gasteiger partial charge on any atom is 0.324 e. The van der Waals surface area contributed by atoms with Gasteiger partial charge in [0.05, 0.1) is 0 Å². The molecule has 0 spiro atoms. The van der Waals surface area contributed by atoms with Gasteiger partial charge in [-0.2, -0.15) is 0 Å². The van der Waals surface area contributed by atoms with Crippen LogP contribution < -0.4 is 5.32 Å². The smallest absolute Gasteiger partial charge is 0.324 e. The first-order valence-electron chi connectivity index (χ1n) is 3.89. The lowest BCUT2D eigenvalue weighted by Gasteiger charge is -2.10. The fraction of sp³-hybridized carbons (Fsp3) is 0.714. The molecule has 3 amide bonds. The monoisotopic (exact) mass is 172 g/mol. The molecule has 0 saturated carbocycles. The number of carbonyl (C=O) groups is 2. The summed E-state index contributed by atoms with van der Waals surface area (Å²) in [4.78, 5) is 23.3. The van der Waals surface area contributed by atoms with Gasteiger partial charge in [0, 0.05) is 13.2 Å². The van der Waals surface area contributed by atoms with Crippen LogP contribution in [-0.4, -0.2) is 41.1 Å². The average molecular weight is 172 g/mol. The number of amides is 3. The predicted octanol–water partition coefficient (Wildman–Crippen LogP) is -0.691. The molecule has 1 atom stereocenters. The topological polar surface area (TPSA) is 69.6 Å². The fourth-order valence-corrected chi connectivity index (χ4v) is 1.10. The second-order valence-corrected chi connectivity index (χ2v) is 2.74. The molecule has 1 fully saturated rings. The Balaban J connectivity index is 2.52. The van der Waals surface area contributed by atoms with Gasteiger partial charge in [-0.15, -0.1) is 0 Å². The Morgan fingerprint density at radius 1 is 1.58 bits per heavy atom. The second-order valence-electron chi connectivity index (χ2n) is 2.74. The van der Waals surface area contributed by atoms with Crippen LogP contribution in [0.15, 0.2) is 0 Å². The van der Waals surface area contributed by atoms with Gasteiger partial charge in [0.15, 0.2) is 0 Å². The molecule has 0 radical (unpaired) electrons. The van der Waals surface area contributed by atoms with Gasteiger partial charge in [0.1, 0.15) is 6.04 Å². The van der Waals surface area contributed by atoms with E-state index >= 15 is 0 Å². The van der Waals surface area contributed by atoms with E-state index in [9.17, 15) is 9.59 Å². The number of nitrogens with one attached hydrogen (secondary N) is 1. The Labute approximate surface area is 70.4 Å². The largest absolute Gasteiger partial charge is 0.396 e. The molecule has 2 N–H and O–H groups in total. The van der Waals surface area contributed by atoms with Crippen LogP contribution in [0.3, 0.4) is 0 Å². The van der Waals surface area contributed by atoms with Crippen molar-refractivity contribution in [3.63, 3.8) is 0 Å². The lowest BCUT2D eigenvalue weighted by molar-refractivity contribution is -0.127. The van der Waals surface area contributed by atoms with Crippen molar-refractivity contribution < 1.29 is 14.7 Å². The van der Waals surface area contributed by atoms with Gasteiger partial charge in [-0.25, -0.2) is 4.79 Å². The normalized spacial score (nSPS) is 23.2. The Morgan fingerprint density at radius 2 is 2.25 bits per heavy atom. The first kappa shape index (κ1) is 8.99. The zero-order valence-electron chi connectivity index (χ0n) is 6.91. The molecule has 5 heteroatoms. The molecular formula is C7H12N2O3. The van der Waals surface area contributed by atoms with E-state index < -0.39 is 6.04 Å². The zero-order valence-corrected chi connectivity index (χ0v) is 6.91. The number of nitrogens with zero attached hydrogens (tertiary/aromatic N) is 1. The number of aliphatic hydroxyl groups excluding tert-OH is 1. The highest BCUT2D eigenvalue weighted by molar-refractivity contribution is 6.03. The number of carbonyl (C=O) groups excluding carboxylic acids is 2. The van der Waals surface area contributed by atoms with Crippen molar-refractivity contribution in [1.82, 2.24) is 10.2 Å². The molecule has 0 bridgehead atoms. The molecule has 68 valence electrons. The Morgan fingerprint density at radius 3 is 2.67 bits per heavy atom. The van der Waals surface area contributed by atoms with Crippen molar-refractivity contribution in [3.05, 3.63) is 0 Å². The molecule has 0 unspecified atom stereocenters. The highest BCUT2D eigenvalue weighted by Gasteiger charge is 2.33. The first-order chi connectivity index (χ1) is 5.66. The number of rotatable bonds is 3. The summed E-state index contributed by atoms with van der Waals surface area (Å²) in [5.41, 5.74) is 0. The van der Waals surface area contributed by atoms with Crippen LogP contribution >= 0.6 is 0 Å². The molecule has 0 aromatic rings. The molecule has 1 aliphatic rings. The SMILES string of the molecule is C[C@@H]1NC(=O)N(CCCO)C1=O. The molecule has 1 saturated heterocycles. The average Bonchev–Trinajstić information content (AvgIpc) is 2.25. The van der Waals surface area contributed by atoms with Crippen molar-refractivity contribution in [1.29, 1.82) is 0 Å². The summed E-state index contributed by atoms with van der Waals surface area (Å²) in [7, 11) is 0. The van der Waals surface area contributed by atoms with Gasteiger partial charge in [-0.3, -0.25) is 9.69 Å². The van der Waals surface area contributed by atoms with Crippen molar-refractivity contribution in [3.8, 4) is 0 Å². The lowest BCUT2D eigenvalue weighted by Crippen LogP contribution is -2.32. The third kappa shape index (κ3) is 1.55. The van der Waals surface area contributed by atoms with E-state index in [1.54, 1.807) is 6.92 Å². The van der Waals surface area contributed by atoms with E-state index in [1.807, 2.05) is 0 Å². The predicted molar refractivity (Wildman–Crippen MR) is 41.4 cm³/mol. The van der Waals surface area contributed by atoms with Gasteiger partial charge in [0.25, 0.3) is 5.91 Å². The summed E-state index contributed by atoms with van der Waals surface area (Å²) < 4.78 is 0. The summed E-state index contributed by atoms with van der Waals surface area (Å²) >= 11 is 0. The van der Waals surface area contributed by atoms with E-state index in [2.05, 4.69) is 5.32 Å². The molecule has 5 nitrogen and oxygen atoms in total. The molecule has 1 aliphatic heterocycles. The van der Waals surface area contributed by atoms with Crippen LogP contribution in [0.2, 0.25) is 0 Å². The van der Waals surface area contributed by atoms with E-state index in [4.69, 9.17) is 5.11 Å². The highest BCUT2D eigenvalue weighted by Crippen LogP contribution is 2.05. The molecule has 0 aliphatic carbocycles. The van der Waals surface area contributed by atoms with Crippen molar-refractivity contribution in [2.75, 3.05) is 13.2 Å². The Hall–Kier alpha value is -1.10. The van der Waals surface area contributed by atoms with E-state index in [1.165, 1.54) is 0 Å². The number of aliphatic hydroxyl groups is 1. The second kappa shape index (κ2) is 3.53. The first-order valence-corrected chi connectivity index (χ1v) is 3.89. The summed E-state index contributed by atoms with van der Waals surface area (Å²) in [6.07, 6.45) is 0.436. The number of hydrogen-bond acceptors (Lipinski definition) is 3. The maximum atomic E-state index is 11.2. The van der Waals surface area contributed by atoms with Gasteiger partial charge in [0.2, 0.25) is 0 Å². The van der Waals surface area contributed by atoms with Gasteiger partial charge in [-0.05, 0) is 13.3 Å². The van der Waals surface area contributed by atoms with Crippen LogP contribution in [0.1, 0.15) is 13.3 Å². The van der Waals surface area contributed by atoms with Crippen molar-refractivity contribution in [2.45, 2.75) is 19.4 Å². The fourth-order valence-electron chi connectivity index (χ4n) is 1.10. The van der Waals surface area contributed by atoms with Crippen molar-refractivity contribution in [2.24, 2.45) is 0 Å². The van der Waals surface area contributed by atoms with Gasteiger partial charge in [-0.1, -0.05) is 0 Å². The number of urea groups is 1. The molecule has 1 heterocycles. The number of hydrogen-bond donors (Lipinski definition) is 2. The Kier molecular flexibility index (Phi) is 2.65. The molecule has 1 rings (SSSR count). The van der Waals surface area contributed by atoms with Crippen molar-refractivity contribution >= 4 is 11.9 Å². The van der Waals surface area contributed by atoms with Crippen LogP contribution in [0, 0.1) is 0 Å². The van der Waals surface area contributed by atoms with Gasteiger partial charge >= 0.3 is 6.03 Å². The van der Waals surface area contributed by atoms with Crippen LogP contribution in [0.25, 0.3) is 0 Å².